The van der Waals surface area contributed by atoms with E-state index in [-0.39, 0.29) is 11.5 Å². The molecule has 0 aromatic heterocycles. The van der Waals surface area contributed by atoms with E-state index in [1.54, 1.807) is 7.11 Å². The molecule has 2 heteroatoms. The van der Waals surface area contributed by atoms with Crippen LogP contribution in [0, 0.1) is 0 Å². The second-order valence-corrected chi connectivity index (χ2v) is 6.57. The molecule has 0 bridgehead atoms. The summed E-state index contributed by atoms with van der Waals surface area (Å²) in [7, 11) is 1.77. The Morgan fingerprint density at radius 3 is 2.41 bits per heavy atom. The fourth-order valence-corrected chi connectivity index (χ4v) is 2.89. The molecule has 0 radical (unpaired) electrons. The van der Waals surface area contributed by atoms with E-state index in [1.165, 1.54) is 26.7 Å². The van der Waals surface area contributed by atoms with Crippen LogP contribution < -0.4 is 0 Å². The van der Waals surface area contributed by atoms with Gasteiger partial charge in [0.2, 0.25) is 0 Å². The van der Waals surface area contributed by atoms with Crippen LogP contribution in [0.15, 0.2) is 22.2 Å². The largest absolute Gasteiger partial charge is 0.372 e. The van der Waals surface area contributed by atoms with Gasteiger partial charge in [0.25, 0.3) is 0 Å². The van der Waals surface area contributed by atoms with Crippen molar-refractivity contribution in [3.63, 3.8) is 0 Å². The minimum absolute atomic E-state index is 0.114. The molecular formula is C15H19BrO. The maximum Gasteiger partial charge on any atom is 0.104 e. The summed E-state index contributed by atoms with van der Waals surface area (Å²) in [5.74, 6) is 0. The highest BCUT2D eigenvalue weighted by Crippen LogP contribution is 2.42. The molecule has 0 aliphatic heterocycles. The molecule has 1 unspecified atom stereocenters. The standard InChI is InChI=1S/C15H19BrO/c1-9-6-11-12(14(9)17-5)7-10(8-13(11)16)15(2,3)4/h6-8,14H,1-5H3. The van der Waals surface area contributed by atoms with Gasteiger partial charge in [-0.1, -0.05) is 48.8 Å². The molecule has 0 spiro atoms. The molecule has 92 valence electrons. The number of halogens is 1. The Labute approximate surface area is 112 Å². The minimum atomic E-state index is 0.114. The van der Waals surface area contributed by atoms with Gasteiger partial charge in [0.15, 0.2) is 0 Å². The highest BCUT2D eigenvalue weighted by molar-refractivity contribution is 9.10. The lowest BCUT2D eigenvalue weighted by molar-refractivity contribution is 0.136. The third kappa shape index (κ3) is 2.21. The summed E-state index contributed by atoms with van der Waals surface area (Å²) in [5, 5.41) is 0. The fraction of sp³-hybridized carbons (Fsp3) is 0.467. The van der Waals surface area contributed by atoms with Crippen molar-refractivity contribution < 1.29 is 4.74 Å². The van der Waals surface area contributed by atoms with Crippen LogP contribution in [-0.4, -0.2) is 7.11 Å². The van der Waals surface area contributed by atoms with Crippen molar-refractivity contribution in [2.75, 3.05) is 7.11 Å². The summed E-state index contributed by atoms with van der Waals surface area (Å²) in [5.41, 5.74) is 5.32. The van der Waals surface area contributed by atoms with E-state index in [0.717, 1.165) is 0 Å². The molecule has 17 heavy (non-hydrogen) atoms. The quantitative estimate of drug-likeness (QED) is 0.719. The van der Waals surface area contributed by atoms with E-state index in [9.17, 15) is 0 Å². The minimum Gasteiger partial charge on any atom is -0.372 e. The smallest absolute Gasteiger partial charge is 0.104 e. The Hall–Kier alpha value is -0.600. The molecule has 1 aromatic carbocycles. The second-order valence-electron chi connectivity index (χ2n) is 5.72. The number of rotatable bonds is 1. The van der Waals surface area contributed by atoms with Gasteiger partial charge in [-0.15, -0.1) is 0 Å². The number of fused-ring (bicyclic) bond motifs is 1. The predicted molar refractivity (Wildman–Crippen MR) is 76.2 cm³/mol. The van der Waals surface area contributed by atoms with E-state index in [4.69, 9.17) is 4.74 Å². The highest BCUT2D eigenvalue weighted by Gasteiger charge is 2.26. The van der Waals surface area contributed by atoms with Gasteiger partial charge < -0.3 is 4.74 Å². The Morgan fingerprint density at radius 1 is 1.24 bits per heavy atom. The monoisotopic (exact) mass is 294 g/mol. The predicted octanol–water partition coefficient (Wildman–Crippen LogP) is 4.85. The van der Waals surface area contributed by atoms with Gasteiger partial charge in [-0.25, -0.2) is 0 Å². The number of ether oxygens (including phenoxy) is 1. The van der Waals surface area contributed by atoms with E-state index < -0.39 is 0 Å². The first-order chi connectivity index (χ1) is 7.84. The molecule has 0 amide bonds. The van der Waals surface area contributed by atoms with Crippen LogP contribution in [0.1, 0.15) is 50.5 Å². The molecule has 0 heterocycles. The first-order valence-corrected chi connectivity index (χ1v) is 6.69. The lowest BCUT2D eigenvalue weighted by atomic mass is 9.85. The maximum absolute atomic E-state index is 5.58. The lowest BCUT2D eigenvalue weighted by Gasteiger charge is -2.22. The summed E-state index contributed by atoms with van der Waals surface area (Å²) in [6, 6.07) is 4.50. The van der Waals surface area contributed by atoms with E-state index >= 15 is 0 Å². The third-order valence-electron chi connectivity index (χ3n) is 3.33. The molecule has 0 fully saturated rings. The number of hydrogen-bond acceptors (Lipinski definition) is 1. The normalized spacial score (nSPS) is 19.2. The molecule has 1 nitrogen and oxygen atoms in total. The zero-order valence-corrected chi connectivity index (χ0v) is 12.7. The van der Waals surface area contributed by atoms with Gasteiger partial charge in [0.1, 0.15) is 6.10 Å². The van der Waals surface area contributed by atoms with E-state index in [1.807, 2.05) is 0 Å². The molecule has 1 aromatic rings. The van der Waals surface area contributed by atoms with Crippen LogP contribution in [0.5, 0.6) is 0 Å². The summed E-state index contributed by atoms with van der Waals surface area (Å²) in [6.45, 7) is 8.83. The average Bonchev–Trinajstić information content (AvgIpc) is 2.53. The van der Waals surface area contributed by atoms with Crippen LogP contribution in [0.25, 0.3) is 6.08 Å². The van der Waals surface area contributed by atoms with E-state index in [0.29, 0.717) is 0 Å². The maximum atomic E-state index is 5.58. The number of benzene rings is 1. The van der Waals surface area contributed by atoms with Crippen molar-refractivity contribution in [2.45, 2.75) is 39.2 Å². The Balaban J connectivity index is 2.59. The summed E-state index contributed by atoms with van der Waals surface area (Å²) < 4.78 is 6.75. The lowest BCUT2D eigenvalue weighted by Crippen LogP contribution is -2.12. The first kappa shape index (κ1) is 12.8. The fourth-order valence-electron chi connectivity index (χ4n) is 2.30. The molecular weight excluding hydrogens is 276 g/mol. The molecule has 0 saturated heterocycles. The molecule has 0 N–H and O–H groups in total. The zero-order chi connectivity index (χ0) is 12.8. The Kier molecular flexibility index (Phi) is 3.21. The van der Waals surface area contributed by atoms with Crippen LogP contribution in [0.4, 0.5) is 0 Å². The SMILES string of the molecule is COC1C(C)=Cc2c(Br)cc(C(C)(C)C)cc21. The van der Waals surface area contributed by atoms with Crippen LogP contribution in [0.3, 0.4) is 0 Å². The second kappa shape index (κ2) is 4.25. The topological polar surface area (TPSA) is 9.23 Å². The van der Waals surface area contributed by atoms with Gasteiger partial charge in [-0.3, -0.25) is 0 Å². The van der Waals surface area contributed by atoms with Crippen LogP contribution >= 0.6 is 15.9 Å². The summed E-state index contributed by atoms with van der Waals surface area (Å²) in [4.78, 5) is 0. The van der Waals surface area contributed by atoms with Crippen LogP contribution in [0.2, 0.25) is 0 Å². The molecule has 2 rings (SSSR count). The average molecular weight is 295 g/mol. The van der Waals surface area contributed by atoms with Gasteiger partial charge >= 0.3 is 0 Å². The molecule has 1 aliphatic rings. The molecule has 1 atom stereocenters. The van der Waals surface area contributed by atoms with Crippen LogP contribution in [-0.2, 0) is 10.2 Å². The van der Waals surface area contributed by atoms with Crippen molar-refractivity contribution in [1.29, 1.82) is 0 Å². The van der Waals surface area contributed by atoms with Crippen molar-refractivity contribution in [2.24, 2.45) is 0 Å². The van der Waals surface area contributed by atoms with Crippen molar-refractivity contribution in [3.05, 3.63) is 38.9 Å². The molecule has 1 aliphatic carbocycles. The summed E-state index contributed by atoms with van der Waals surface area (Å²) in [6.07, 6.45) is 2.32. The van der Waals surface area contributed by atoms with Gasteiger partial charge in [-0.2, -0.15) is 0 Å². The zero-order valence-electron chi connectivity index (χ0n) is 11.1. The van der Waals surface area contributed by atoms with Gasteiger partial charge in [0, 0.05) is 11.6 Å². The highest BCUT2D eigenvalue weighted by atomic mass is 79.9. The third-order valence-corrected chi connectivity index (χ3v) is 3.99. The Bertz CT molecular complexity index is 480. The van der Waals surface area contributed by atoms with Crippen molar-refractivity contribution >= 4 is 22.0 Å². The summed E-state index contributed by atoms with van der Waals surface area (Å²) >= 11 is 3.67. The number of methoxy groups -OCH3 is 1. The Morgan fingerprint density at radius 2 is 1.88 bits per heavy atom. The number of hydrogen-bond donors (Lipinski definition) is 0. The first-order valence-electron chi connectivity index (χ1n) is 5.89. The van der Waals surface area contributed by atoms with Crippen molar-refractivity contribution in [3.8, 4) is 0 Å². The van der Waals surface area contributed by atoms with E-state index in [2.05, 4.69) is 61.8 Å². The van der Waals surface area contributed by atoms with Gasteiger partial charge in [0.05, 0.1) is 0 Å². The van der Waals surface area contributed by atoms with Crippen molar-refractivity contribution in [1.82, 2.24) is 0 Å². The van der Waals surface area contributed by atoms with Gasteiger partial charge in [-0.05, 0) is 40.7 Å². The molecule has 0 saturated carbocycles.